The first-order valence-electron chi connectivity index (χ1n) is 7.99. The molecule has 3 rings (SSSR count). The van der Waals surface area contributed by atoms with Crippen molar-refractivity contribution in [1.29, 1.82) is 0 Å². The van der Waals surface area contributed by atoms with E-state index in [0.717, 1.165) is 11.3 Å². The first kappa shape index (κ1) is 16.7. The molecular weight excluding hydrogens is 322 g/mol. The van der Waals surface area contributed by atoms with Crippen molar-refractivity contribution in [3.05, 3.63) is 66.2 Å². The highest BCUT2D eigenvalue weighted by molar-refractivity contribution is 7.85. The van der Waals surface area contributed by atoms with Gasteiger partial charge in [0.1, 0.15) is 7.11 Å². The minimum Gasteiger partial charge on any atom is -0.478 e. The number of nitrogens with zero attached hydrogens (tertiary/aromatic N) is 1. The third-order valence-electron chi connectivity index (χ3n) is 4.18. The Labute approximate surface area is 144 Å². The summed E-state index contributed by atoms with van der Waals surface area (Å²) in [7, 11) is 0.473. The van der Waals surface area contributed by atoms with Crippen molar-refractivity contribution in [1.82, 2.24) is 0 Å². The zero-order valence-electron chi connectivity index (χ0n) is 13.6. The number of hydrogen-bond acceptors (Lipinski definition) is 4. The fourth-order valence-corrected chi connectivity index (χ4v) is 4.32. The monoisotopic (exact) mass is 343 g/mol. The molecule has 0 bridgehead atoms. The summed E-state index contributed by atoms with van der Waals surface area (Å²) in [6.07, 6.45) is 0.805. The van der Waals surface area contributed by atoms with Gasteiger partial charge in [-0.2, -0.15) is 0 Å². The molecule has 1 aliphatic rings. The molecule has 1 saturated heterocycles. The molecule has 0 N–H and O–H groups in total. The van der Waals surface area contributed by atoms with Gasteiger partial charge in [-0.1, -0.05) is 53.7 Å². The highest BCUT2D eigenvalue weighted by atomic mass is 32.2. The SMILES string of the molecule is CO/N=C1\OC[C@H](CS(=O)c2ccccc2)[C@H]1Cc1ccccc1. The standard InChI is InChI=1S/C19H21NO3S/c1-22-20-19-18(12-15-8-4-2-5-9-15)16(13-23-19)14-24(21)17-10-6-3-7-11-17/h2-11,16,18H,12-14H2,1H3/b20-19-/t16-,18-,24?/m1/s1. The Bertz CT molecular complexity index is 703. The number of benzene rings is 2. The van der Waals surface area contributed by atoms with Crippen LogP contribution in [0.2, 0.25) is 0 Å². The molecular formula is C19H21NO3S. The van der Waals surface area contributed by atoms with Gasteiger partial charge in [0.25, 0.3) is 0 Å². The van der Waals surface area contributed by atoms with Crippen LogP contribution in [-0.2, 0) is 26.8 Å². The van der Waals surface area contributed by atoms with Crippen LogP contribution >= 0.6 is 0 Å². The van der Waals surface area contributed by atoms with E-state index in [4.69, 9.17) is 9.57 Å². The van der Waals surface area contributed by atoms with E-state index in [1.54, 1.807) is 0 Å². The van der Waals surface area contributed by atoms with Crippen molar-refractivity contribution in [2.45, 2.75) is 11.3 Å². The largest absolute Gasteiger partial charge is 0.478 e. The third kappa shape index (κ3) is 4.03. The zero-order chi connectivity index (χ0) is 16.8. The van der Waals surface area contributed by atoms with Crippen molar-refractivity contribution in [2.24, 2.45) is 17.0 Å². The normalized spacial score (nSPS) is 23.0. The predicted octanol–water partition coefficient (Wildman–Crippen LogP) is 3.26. The van der Waals surface area contributed by atoms with Gasteiger partial charge in [-0.05, 0) is 24.1 Å². The average molecular weight is 343 g/mol. The lowest BCUT2D eigenvalue weighted by atomic mass is 9.90. The minimum absolute atomic E-state index is 0.0833. The van der Waals surface area contributed by atoms with Gasteiger partial charge in [0.2, 0.25) is 5.90 Å². The van der Waals surface area contributed by atoms with E-state index < -0.39 is 10.8 Å². The van der Waals surface area contributed by atoms with Crippen LogP contribution in [0.3, 0.4) is 0 Å². The summed E-state index contributed by atoms with van der Waals surface area (Å²) in [6, 6.07) is 19.8. The van der Waals surface area contributed by atoms with Crippen LogP contribution in [0.1, 0.15) is 5.56 Å². The van der Waals surface area contributed by atoms with Crippen LogP contribution in [0.5, 0.6) is 0 Å². The molecule has 0 saturated carbocycles. The summed E-state index contributed by atoms with van der Waals surface area (Å²) < 4.78 is 18.4. The number of rotatable bonds is 6. The van der Waals surface area contributed by atoms with Crippen molar-refractivity contribution >= 4 is 16.7 Å². The zero-order valence-corrected chi connectivity index (χ0v) is 14.4. The fraction of sp³-hybridized carbons (Fsp3) is 0.316. The van der Waals surface area contributed by atoms with Crippen LogP contribution < -0.4 is 0 Å². The van der Waals surface area contributed by atoms with Crippen LogP contribution in [0.15, 0.2) is 70.7 Å². The first-order valence-corrected chi connectivity index (χ1v) is 9.31. The number of hydrogen-bond donors (Lipinski definition) is 0. The molecule has 1 unspecified atom stereocenters. The van der Waals surface area contributed by atoms with E-state index in [2.05, 4.69) is 17.3 Å². The molecule has 5 heteroatoms. The van der Waals surface area contributed by atoms with Gasteiger partial charge >= 0.3 is 0 Å². The van der Waals surface area contributed by atoms with Crippen LogP contribution in [0.25, 0.3) is 0 Å². The summed E-state index contributed by atoms with van der Waals surface area (Å²) in [5.74, 6) is 1.40. The second kappa shape index (κ2) is 8.11. The van der Waals surface area contributed by atoms with Gasteiger partial charge in [0.15, 0.2) is 0 Å². The second-order valence-electron chi connectivity index (χ2n) is 5.80. The Morgan fingerprint density at radius 2 is 1.79 bits per heavy atom. The average Bonchev–Trinajstić information content (AvgIpc) is 2.99. The van der Waals surface area contributed by atoms with Crippen molar-refractivity contribution in [2.75, 3.05) is 19.5 Å². The molecule has 0 radical (unpaired) electrons. The highest BCUT2D eigenvalue weighted by Gasteiger charge is 2.37. The molecule has 126 valence electrons. The van der Waals surface area contributed by atoms with Crippen molar-refractivity contribution in [3.8, 4) is 0 Å². The predicted molar refractivity (Wildman–Crippen MR) is 95.2 cm³/mol. The molecule has 0 amide bonds. The Balaban J connectivity index is 1.75. The summed E-state index contributed by atoms with van der Waals surface area (Å²) in [5, 5.41) is 4.03. The molecule has 0 aromatic heterocycles. The van der Waals surface area contributed by atoms with Gasteiger partial charge < -0.3 is 9.57 Å². The maximum atomic E-state index is 12.6. The van der Waals surface area contributed by atoms with Gasteiger partial charge in [-0.15, -0.1) is 0 Å². The third-order valence-corrected chi connectivity index (χ3v) is 5.71. The van der Waals surface area contributed by atoms with E-state index in [1.807, 2.05) is 48.5 Å². The molecule has 2 aromatic carbocycles. The quantitative estimate of drug-likeness (QED) is 0.757. The summed E-state index contributed by atoms with van der Waals surface area (Å²) >= 11 is 0. The Kier molecular flexibility index (Phi) is 5.64. The van der Waals surface area contributed by atoms with Gasteiger partial charge in [0, 0.05) is 22.5 Å². The molecule has 0 aliphatic carbocycles. The maximum absolute atomic E-state index is 12.6. The summed E-state index contributed by atoms with van der Waals surface area (Å²) in [4.78, 5) is 5.77. The molecule has 24 heavy (non-hydrogen) atoms. The maximum Gasteiger partial charge on any atom is 0.229 e. The van der Waals surface area contributed by atoms with E-state index in [1.165, 1.54) is 12.7 Å². The lowest BCUT2D eigenvalue weighted by Gasteiger charge is -2.16. The second-order valence-corrected chi connectivity index (χ2v) is 7.30. The van der Waals surface area contributed by atoms with Crippen molar-refractivity contribution in [3.63, 3.8) is 0 Å². The molecule has 1 fully saturated rings. The molecule has 3 atom stereocenters. The van der Waals surface area contributed by atoms with Crippen LogP contribution in [0, 0.1) is 11.8 Å². The topological polar surface area (TPSA) is 47.9 Å². The van der Waals surface area contributed by atoms with Gasteiger partial charge in [-0.25, -0.2) is 0 Å². The minimum atomic E-state index is -1.05. The number of ether oxygens (including phenoxy) is 1. The van der Waals surface area contributed by atoms with Gasteiger partial charge in [-0.3, -0.25) is 4.21 Å². The van der Waals surface area contributed by atoms with E-state index in [0.29, 0.717) is 18.3 Å². The van der Waals surface area contributed by atoms with Crippen molar-refractivity contribution < 1.29 is 13.8 Å². The van der Waals surface area contributed by atoms with Crippen LogP contribution in [0.4, 0.5) is 0 Å². The summed E-state index contributed by atoms with van der Waals surface area (Å²) in [5.41, 5.74) is 1.22. The summed E-state index contributed by atoms with van der Waals surface area (Å²) in [6.45, 7) is 0.526. The van der Waals surface area contributed by atoms with Gasteiger partial charge in [0.05, 0.1) is 17.4 Å². The molecule has 1 aliphatic heterocycles. The lowest BCUT2D eigenvalue weighted by molar-refractivity contribution is 0.195. The Morgan fingerprint density at radius 3 is 2.46 bits per heavy atom. The smallest absolute Gasteiger partial charge is 0.229 e. The van der Waals surface area contributed by atoms with E-state index in [9.17, 15) is 4.21 Å². The Morgan fingerprint density at radius 1 is 1.12 bits per heavy atom. The first-order chi connectivity index (χ1) is 11.8. The Hall–Kier alpha value is -2.14. The van der Waals surface area contributed by atoms with E-state index >= 15 is 0 Å². The molecule has 4 nitrogen and oxygen atoms in total. The highest BCUT2D eigenvalue weighted by Crippen LogP contribution is 2.29. The molecule has 2 aromatic rings. The molecule has 1 heterocycles. The molecule has 0 spiro atoms. The number of oxime groups is 1. The fourth-order valence-electron chi connectivity index (χ4n) is 2.95. The van der Waals surface area contributed by atoms with E-state index in [-0.39, 0.29) is 11.8 Å². The van der Waals surface area contributed by atoms with Crippen LogP contribution in [-0.4, -0.2) is 29.6 Å². The lowest BCUT2D eigenvalue weighted by Crippen LogP contribution is -2.24.